The van der Waals surface area contributed by atoms with Gasteiger partial charge in [-0.1, -0.05) is 37.0 Å². The maximum Gasteiger partial charge on any atom is 0.228 e. The third-order valence-electron chi connectivity index (χ3n) is 4.45. The first kappa shape index (κ1) is 23.4. The number of ether oxygens (including phenoxy) is 2. The molecule has 0 saturated heterocycles. The van der Waals surface area contributed by atoms with Gasteiger partial charge in [-0.3, -0.25) is 9.78 Å². The Morgan fingerprint density at radius 3 is 2.45 bits per heavy atom. The Bertz CT molecular complexity index is 1080. The number of pyridine rings is 1. The van der Waals surface area contributed by atoms with Crippen molar-refractivity contribution < 1.29 is 14.3 Å². The van der Waals surface area contributed by atoms with Crippen LogP contribution in [0.15, 0.2) is 53.3 Å². The molecule has 8 heteroatoms. The van der Waals surface area contributed by atoms with Crippen molar-refractivity contribution in [1.82, 2.24) is 4.98 Å². The van der Waals surface area contributed by atoms with Gasteiger partial charge in [0.25, 0.3) is 0 Å². The van der Waals surface area contributed by atoms with Gasteiger partial charge in [0.15, 0.2) is 5.75 Å². The number of benzene rings is 2. The maximum absolute atomic E-state index is 12.4. The lowest BCUT2D eigenvalue weighted by Crippen LogP contribution is -2.14. The Balaban J connectivity index is 1.76. The van der Waals surface area contributed by atoms with Crippen LogP contribution in [-0.4, -0.2) is 18.0 Å². The average molecular weight is 524 g/mol. The lowest BCUT2D eigenvalue weighted by atomic mass is 10.0. The van der Waals surface area contributed by atoms with Gasteiger partial charge in [0, 0.05) is 28.1 Å². The molecule has 162 valence electrons. The molecule has 0 spiro atoms. The molecule has 1 aromatic heterocycles. The summed E-state index contributed by atoms with van der Waals surface area (Å²) in [5, 5.41) is 3.37. The molecule has 2 aromatic carbocycles. The largest absolute Gasteiger partial charge is 0.496 e. The van der Waals surface area contributed by atoms with Crippen molar-refractivity contribution >= 4 is 50.7 Å². The number of nitrogens with one attached hydrogen (secondary N) is 1. The molecular weight excluding hydrogens is 503 g/mol. The van der Waals surface area contributed by atoms with E-state index in [0.29, 0.717) is 17.2 Å². The predicted molar refractivity (Wildman–Crippen MR) is 128 cm³/mol. The van der Waals surface area contributed by atoms with Crippen LogP contribution in [0.1, 0.15) is 30.9 Å². The zero-order valence-corrected chi connectivity index (χ0v) is 20.3. The van der Waals surface area contributed by atoms with Crippen molar-refractivity contribution in [1.29, 1.82) is 0 Å². The normalized spacial score (nSPS) is 10.8. The summed E-state index contributed by atoms with van der Waals surface area (Å²) in [5.74, 6) is 1.74. The number of carbonyl (C=O) groups is 1. The second kappa shape index (κ2) is 10.4. The number of methoxy groups -OCH3 is 1. The summed E-state index contributed by atoms with van der Waals surface area (Å²) in [7, 11) is 1.63. The number of aromatic nitrogens is 1. The first-order valence-electron chi connectivity index (χ1n) is 9.51. The van der Waals surface area contributed by atoms with Crippen LogP contribution in [0, 0.1) is 0 Å². The van der Waals surface area contributed by atoms with E-state index < -0.39 is 0 Å². The van der Waals surface area contributed by atoms with Gasteiger partial charge in [0.05, 0.1) is 23.6 Å². The van der Waals surface area contributed by atoms with Crippen LogP contribution in [0.5, 0.6) is 17.2 Å². The summed E-state index contributed by atoms with van der Waals surface area (Å²) in [6.45, 7) is 4.15. The SMILES string of the molecule is COc1ccc(Oc2c(Cl)cc(NC(=O)Cc3cncc(Br)c3)cc2Cl)cc1C(C)C. The van der Waals surface area contributed by atoms with E-state index in [0.717, 1.165) is 21.3 Å². The number of halogens is 3. The summed E-state index contributed by atoms with van der Waals surface area (Å²) < 4.78 is 12.2. The zero-order chi connectivity index (χ0) is 22.5. The van der Waals surface area contributed by atoms with E-state index >= 15 is 0 Å². The minimum atomic E-state index is -0.211. The Hall–Kier alpha value is -2.28. The van der Waals surface area contributed by atoms with Gasteiger partial charge >= 0.3 is 0 Å². The van der Waals surface area contributed by atoms with Crippen LogP contribution in [0.25, 0.3) is 0 Å². The highest BCUT2D eigenvalue weighted by atomic mass is 79.9. The third kappa shape index (κ3) is 6.12. The molecule has 0 aliphatic heterocycles. The van der Waals surface area contributed by atoms with Gasteiger partial charge in [-0.2, -0.15) is 0 Å². The second-order valence-corrected chi connectivity index (χ2v) is 8.90. The molecule has 3 aromatic rings. The van der Waals surface area contributed by atoms with Crippen LogP contribution in [0.4, 0.5) is 5.69 Å². The molecule has 0 atom stereocenters. The van der Waals surface area contributed by atoms with Crippen molar-refractivity contribution in [3.63, 3.8) is 0 Å². The van der Waals surface area contributed by atoms with Gasteiger partial charge in [-0.05, 0) is 63.8 Å². The van der Waals surface area contributed by atoms with Crippen LogP contribution in [0.2, 0.25) is 10.0 Å². The van der Waals surface area contributed by atoms with E-state index in [1.165, 1.54) is 0 Å². The zero-order valence-electron chi connectivity index (χ0n) is 17.2. The molecule has 0 saturated carbocycles. The van der Waals surface area contributed by atoms with Gasteiger partial charge in [-0.15, -0.1) is 0 Å². The summed E-state index contributed by atoms with van der Waals surface area (Å²) in [4.78, 5) is 16.4. The molecule has 3 rings (SSSR count). The molecule has 0 aliphatic carbocycles. The standard InChI is InChI=1S/C23H21BrCl2N2O3/c1-13(2)18-10-17(4-5-21(18)30-3)31-23-19(25)8-16(9-20(23)26)28-22(29)7-14-6-15(24)12-27-11-14/h4-6,8-13H,7H2,1-3H3,(H,28,29). The van der Waals surface area contributed by atoms with Crippen molar-refractivity contribution in [3.8, 4) is 17.2 Å². The van der Waals surface area contributed by atoms with E-state index in [2.05, 4.69) is 40.1 Å². The molecule has 1 N–H and O–H groups in total. The quantitative estimate of drug-likeness (QED) is 0.354. The van der Waals surface area contributed by atoms with Crippen molar-refractivity contribution in [3.05, 3.63) is 74.4 Å². The molecule has 1 amide bonds. The number of hydrogen-bond acceptors (Lipinski definition) is 4. The Morgan fingerprint density at radius 1 is 1.13 bits per heavy atom. The smallest absolute Gasteiger partial charge is 0.228 e. The Morgan fingerprint density at radius 2 is 1.84 bits per heavy atom. The lowest BCUT2D eigenvalue weighted by molar-refractivity contribution is -0.115. The number of amides is 1. The van der Waals surface area contributed by atoms with Crippen molar-refractivity contribution in [2.24, 2.45) is 0 Å². The molecule has 5 nitrogen and oxygen atoms in total. The van der Waals surface area contributed by atoms with E-state index in [-0.39, 0.29) is 28.3 Å². The highest BCUT2D eigenvalue weighted by Gasteiger charge is 2.15. The van der Waals surface area contributed by atoms with Gasteiger partial charge in [0.2, 0.25) is 5.91 Å². The van der Waals surface area contributed by atoms with Crippen molar-refractivity contribution in [2.75, 3.05) is 12.4 Å². The highest BCUT2D eigenvalue weighted by molar-refractivity contribution is 9.10. The molecule has 0 aliphatic rings. The van der Waals surface area contributed by atoms with Crippen molar-refractivity contribution in [2.45, 2.75) is 26.2 Å². The Kier molecular flexibility index (Phi) is 7.81. The average Bonchev–Trinajstić information content (AvgIpc) is 2.70. The molecule has 0 radical (unpaired) electrons. The highest BCUT2D eigenvalue weighted by Crippen LogP contribution is 2.40. The third-order valence-corrected chi connectivity index (χ3v) is 5.45. The molecule has 0 unspecified atom stereocenters. The van der Waals surface area contributed by atoms with Gasteiger partial charge in [-0.25, -0.2) is 0 Å². The molecule has 0 bridgehead atoms. The summed E-state index contributed by atoms with van der Waals surface area (Å²) in [5.41, 5.74) is 2.27. The topological polar surface area (TPSA) is 60.5 Å². The molecular formula is C23H21BrCl2N2O3. The van der Waals surface area contributed by atoms with E-state index in [1.54, 1.807) is 37.7 Å². The number of anilines is 1. The molecule has 1 heterocycles. The van der Waals surface area contributed by atoms with Crippen LogP contribution in [0.3, 0.4) is 0 Å². The monoisotopic (exact) mass is 522 g/mol. The second-order valence-electron chi connectivity index (χ2n) is 7.17. The lowest BCUT2D eigenvalue weighted by Gasteiger charge is -2.16. The first-order valence-corrected chi connectivity index (χ1v) is 11.1. The fraction of sp³-hybridized carbons (Fsp3) is 0.217. The summed E-state index contributed by atoms with van der Waals surface area (Å²) in [6.07, 6.45) is 3.47. The number of hydrogen-bond donors (Lipinski definition) is 1. The number of carbonyl (C=O) groups excluding carboxylic acids is 1. The van der Waals surface area contributed by atoms with Crippen LogP contribution in [-0.2, 0) is 11.2 Å². The van der Waals surface area contributed by atoms with Crippen LogP contribution >= 0.6 is 39.1 Å². The number of rotatable bonds is 7. The summed E-state index contributed by atoms with van der Waals surface area (Å²) >= 11 is 16.2. The van der Waals surface area contributed by atoms with E-state index in [1.807, 2.05) is 18.2 Å². The van der Waals surface area contributed by atoms with Gasteiger partial charge in [0.1, 0.15) is 11.5 Å². The first-order chi connectivity index (χ1) is 14.8. The summed E-state index contributed by atoms with van der Waals surface area (Å²) in [6, 6.07) is 10.6. The molecule has 31 heavy (non-hydrogen) atoms. The fourth-order valence-electron chi connectivity index (χ4n) is 3.02. The Labute approximate surface area is 199 Å². The minimum absolute atomic E-state index is 0.170. The van der Waals surface area contributed by atoms with Gasteiger partial charge < -0.3 is 14.8 Å². The number of nitrogens with zero attached hydrogens (tertiary/aromatic N) is 1. The minimum Gasteiger partial charge on any atom is -0.496 e. The van der Waals surface area contributed by atoms with E-state index in [4.69, 9.17) is 32.7 Å². The molecule has 0 fully saturated rings. The van der Waals surface area contributed by atoms with Crippen LogP contribution < -0.4 is 14.8 Å². The van der Waals surface area contributed by atoms with E-state index in [9.17, 15) is 4.79 Å². The predicted octanol–water partition coefficient (Wildman–Crippen LogP) is 7.26. The fourth-order valence-corrected chi connectivity index (χ4v) is 3.99. The maximum atomic E-state index is 12.4.